The molecule has 5 atom stereocenters. The van der Waals surface area contributed by atoms with E-state index in [-0.39, 0.29) is 17.0 Å². The van der Waals surface area contributed by atoms with Crippen LogP contribution in [0.1, 0.15) is 72.1 Å². The minimum Gasteiger partial charge on any atom is -0.299 e. The van der Waals surface area contributed by atoms with E-state index in [2.05, 4.69) is 6.92 Å². The molecule has 4 rings (SSSR count). The van der Waals surface area contributed by atoms with Gasteiger partial charge in [-0.1, -0.05) is 32.3 Å². The van der Waals surface area contributed by atoms with Gasteiger partial charge in [0.15, 0.2) is 0 Å². The van der Waals surface area contributed by atoms with Crippen LogP contribution >= 0.6 is 0 Å². The van der Waals surface area contributed by atoms with Crippen LogP contribution in [0.3, 0.4) is 0 Å². The van der Waals surface area contributed by atoms with Gasteiger partial charge in [-0.2, -0.15) is 0 Å². The summed E-state index contributed by atoms with van der Waals surface area (Å²) in [6.45, 7) is 5.89. The number of hydrogen-bond donors (Lipinski definition) is 0. The maximum absolute atomic E-state index is 12.8. The van der Waals surface area contributed by atoms with Crippen LogP contribution in [0.25, 0.3) is 0 Å². The van der Waals surface area contributed by atoms with Gasteiger partial charge in [0.2, 0.25) is 11.6 Å². The molecule has 0 spiro atoms. The summed E-state index contributed by atoms with van der Waals surface area (Å²) in [6, 6.07) is 0. The molecule has 3 heteroatoms. The summed E-state index contributed by atoms with van der Waals surface area (Å²) in [4.78, 5) is 37.5. The van der Waals surface area contributed by atoms with E-state index in [9.17, 15) is 14.4 Å². The van der Waals surface area contributed by atoms with E-state index in [1.54, 1.807) is 0 Å². The van der Waals surface area contributed by atoms with Crippen LogP contribution in [0.15, 0.2) is 11.1 Å². The van der Waals surface area contributed by atoms with Crippen LogP contribution in [0.4, 0.5) is 0 Å². The number of hydrogen-bond acceptors (Lipinski definition) is 3. The van der Waals surface area contributed by atoms with Crippen molar-refractivity contribution in [1.29, 1.82) is 0 Å². The second-order valence-corrected chi connectivity index (χ2v) is 9.13. The van der Waals surface area contributed by atoms with Crippen LogP contribution in [0.5, 0.6) is 0 Å². The fourth-order valence-corrected chi connectivity index (χ4v) is 6.88. The molecule has 0 aromatic heterocycles. The van der Waals surface area contributed by atoms with E-state index >= 15 is 0 Å². The zero-order chi connectivity index (χ0) is 17.3. The van der Waals surface area contributed by atoms with Crippen molar-refractivity contribution in [3.8, 4) is 0 Å². The van der Waals surface area contributed by atoms with Crippen LogP contribution < -0.4 is 0 Å². The van der Waals surface area contributed by atoms with Crippen molar-refractivity contribution in [3.63, 3.8) is 0 Å². The Morgan fingerprint density at radius 2 is 1.79 bits per heavy atom. The van der Waals surface area contributed by atoms with Gasteiger partial charge in [-0.05, 0) is 62.7 Å². The van der Waals surface area contributed by atoms with Crippen molar-refractivity contribution in [1.82, 2.24) is 0 Å². The Bertz CT molecular complexity index is 673. The van der Waals surface area contributed by atoms with Gasteiger partial charge in [0.1, 0.15) is 5.78 Å². The Balaban J connectivity index is 1.85. The first-order chi connectivity index (χ1) is 11.3. The summed E-state index contributed by atoms with van der Waals surface area (Å²) in [5.41, 5.74) is 1.77. The average Bonchev–Trinajstić information content (AvgIpc) is 2.73. The molecule has 0 saturated heterocycles. The van der Waals surface area contributed by atoms with Crippen LogP contribution in [0, 0.1) is 28.6 Å². The Hall–Kier alpha value is -1.25. The molecule has 0 aromatic carbocycles. The first-order valence-corrected chi connectivity index (χ1v) is 9.63. The van der Waals surface area contributed by atoms with Crippen LogP contribution in [-0.4, -0.2) is 17.3 Å². The molecular formula is C21H28O3. The van der Waals surface area contributed by atoms with Crippen LogP contribution in [-0.2, 0) is 14.4 Å². The Morgan fingerprint density at radius 1 is 1.04 bits per heavy atom. The van der Waals surface area contributed by atoms with E-state index in [0.29, 0.717) is 5.92 Å². The van der Waals surface area contributed by atoms with Gasteiger partial charge >= 0.3 is 0 Å². The monoisotopic (exact) mass is 328 g/mol. The third-order valence-electron chi connectivity index (χ3n) is 8.03. The van der Waals surface area contributed by atoms with Gasteiger partial charge in [0.25, 0.3) is 0 Å². The summed E-state index contributed by atoms with van der Waals surface area (Å²) in [6.07, 6.45) is 9.12. The van der Waals surface area contributed by atoms with Crippen molar-refractivity contribution >= 4 is 17.3 Å². The number of carbonyl (C=O) groups is 3. The van der Waals surface area contributed by atoms with Crippen molar-refractivity contribution in [3.05, 3.63) is 11.1 Å². The molecule has 0 aliphatic heterocycles. The highest BCUT2D eigenvalue weighted by atomic mass is 16.2. The Kier molecular flexibility index (Phi) is 3.47. The second kappa shape index (κ2) is 5.12. The molecule has 0 aromatic rings. The minimum atomic E-state index is -0.731. The predicted octanol–water partition coefficient (Wildman–Crippen LogP) is 4.05. The van der Waals surface area contributed by atoms with E-state index in [1.807, 2.05) is 6.92 Å². The SMILES string of the molecule is CC(=O)[C@H]1C(=O)C(=O)C2=C3CCC4CCCC[C@]4(C)[C@H]3CC[C@@]21C. The largest absolute Gasteiger partial charge is 0.299 e. The lowest BCUT2D eigenvalue weighted by Crippen LogP contribution is -2.46. The molecule has 0 bridgehead atoms. The normalized spacial score (nSPS) is 44.9. The van der Waals surface area contributed by atoms with Crippen LogP contribution in [0.2, 0.25) is 0 Å². The molecule has 1 unspecified atom stereocenters. The zero-order valence-electron chi connectivity index (χ0n) is 15.1. The van der Waals surface area contributed by atoms with Gasteiger partial charge in [0, 0.05) is 11.0 Å². The number of carbonyl (C=O) groups excluding carboxylic acids is 3. The minimum absolute atomic E-state index is 0.137. The summed E-state index contributed by atoms with van der Waals surface area (Å²) in [7, 11) is 0. The summed E-state index contributed by atoms with van der Waals surface area (Å²) in [5.74, 6) is -0.435. The highest BCUT2D eigenvalue weighted by Crippen LogP contribution is 2.63. The van der Waals surface area contributed by atoms with Gasteiger partial charge in [-0.3, -0.25) is 14.4 Å². The smallest absolute Gasteiger partial charge is 0.225 e. The second-order valence-electron chi connectivity index (χ2n) is 9.13. The van der Waals surface area contributed by atoms with E-state index in [1.165, 1.54) is 38.2 Å². The van der Waals surface area contributed by atoms with Crippen molar-refractivity contribution in [2.75, 3.05) is 0 Å². The summed E-state index contributed by atoms with van der Waals surface area (Å²) < 4.78 is 0. The van der Waals surface area contributed by atoms with Crippen molar-refractivity contribution < 1.29 is 14.4 Å². The Morgan fingerprint density at radius 3 is 2.50 bits per heavy atom. The lowest BCUT2D eigenvalue weighted by atomic mass is 9.49. The predicted molar refractivity (Wildman–Crippen MR) is 91.3 cm³/mol. The maximum Gasteiger partial charge on any atom is 0.225 e. The first kappa shape index (κ1) is 16.2. The highest BCUT2D eigenvalue weighted by molar-refractivity contribution is 6.50. The van der Waals surface area contributed by atoms with Gasteiger partial charge in [0.05, 0.1) is 5.92 Å². The molecule has 24 heavy (non-hydrogen) atoms. The fraction of sp³-hybridized carbons (Fsp3) is 0.762. The average molecular weight is 328 g/mol. The quantitative estimate of drug-likeness (QED) is 0.539. The van der Waals surface area contributed by atoms with E-state index in [0.717, 1.165) is 37.2 Å². The number of allylic oxidation sites excluding steroid dienone is 2. The molecule has 0 radical (unpaired) electrons. The third kappa shape index (κ3) is 1.87. The molecule has 130 valence electrons. The highest BCUT2D eigenvalue weighted by Gasteiger charge is 2.61. The molecule has 0 amide bonds. The van der Waals surface area contributed by atoms with E-state index < -0.39 is 17.1 Å². The van der Waals surface area contributed by atoms with Gasteiger partial charge in [-0.25, -0.2) is 0 Å². The molecule has 0 N–H and O–H groups in total. The molecule has 4 aliphatic carbocycles. The maximum atomic E-state index is 12.8. The zero-order valence-corrected chi connectivity index (χ0v) is 15.1. The van der Waals surface area contributed by atoms with E-state index in [4.69, 9.17) is 0 Å². The molecule has 3 fully saturated rings. The topological polar surface area (TPSA) is 51.2 Å². The first-order valence-electron chi connectivity index (χ1n) is 9.63. The summed E-state index contributed by atoms with van der Waals surface area (Å²) >= 11 is 0. The Labute approximate surface area is 144 Å². The summed E-state index contributed by atoms with van der Waals surface area (Å²) in [5, 5.41) is 0. The third-order valence-corrected chi connectivity index (χ3v) is 8.03. The van der Waals surface area contributed by atoms with Gasteiger partial charge < -0.3 is 0 Å². The number of rotatable bonds is 1. The molecule has 4 aliphatic rings. The lowest BCUT2D eigenvalue weighted by Gasteiger charge is -2.55. The lowest BCUT2D eigenvalue weighted by molar-refractivity contribution is -0.139. The molecule has 0 heterocycles. The standard InChI is InChI=1S/C21H28O3/c1-12(22)16-18(23)19(24)17-14-8-7-13-6-4-5-10-20(13,2)15(14)9-11-21(16,17)3/h13,15-16H,4-11H2,1-3H3/t13?,15-,16-,20-,21+/m0/s1. The molecule has 3 saturated carbocycles. The fourth-order valence-electron chi connectivity index (χ4n) is 6.88. The number of Topliss-reactive ketones (excluding diaryl/α,β-unsaturated/α-hetero) is 3. The van der Waals surface area contributed by atoms with Crippen molar-refractivity contribution in [2.45, 2.75) is 72.1 Å². The van der Waals surface area contributed by atoms with Crippen molar-refractivity contribution in [2.24, 2.45) is 28.6 Å². The van der Waals surface area contributed by atoms with Gasteiger partial charge in [-0.15, -0.1) is 0 Å². The molecular weight excluding hydrogens is 300 g/mol. The number of fused-ring (bicyclic) bond motifs is 4. The molecule has 3 nitrogen and oxygen atoms in total. The number of ketones is 3.